The Kier molecular flexibility index (Phi) is 6.62. The van der Waals surface area contributed by atoms with E-state index in [0.717, 1.165) is 42.6 Å². The van der Waals surface area contributed by atoms with E-state index in [1.165, 1.54) is 18.4 Å². The fourth-order valence-corrected chi connectivity index (χ4v) is 4.98. The first kappa shape index (κ1) is 22.8. The van der Waals surface area contributed by atoms with Crippen molar-refractivity contribution in [3.63, 3.8) is 0 Å². The Balaban J connectivity index is 1.33. The first-order valence-corrected chi connectivity index (χ1v) is 12.3. The van der Waals surface area contributed by atoms with Gasteiger partial charge in [-0.25, -0.2) is 9.78 Å². The van der Waals surface area contributed by atoms with Crippen molar-refractivity contribution in [1.29, 1.82) is 0 Å². The number of hydrogen-bond donors (Lipinski definition) is 2. The van der Waals surface area contributed by atoms with Crippen molar-refractivity contribution in [1.82, 2.24) is 14.9 Å². The standard InChI is InChI=1S/C29H29N3O3/c33-28(30-18-6-9-20-7-2-1-3-8-20)22-14-12-21(13-15-22)27-31-25-19-23(29(34)35)16-17-26(25)32(27)24-10-4-5-11-24/h1-3,7-8,12-17,19,24H,4-6,9-11,18H2,(H,30,33)(H,34,35). The second-order valence-corrected chi connectivity index (χ2v) is 9.17. The van der Waals surface area contributed by atoms with E-state index in [4.69, 9.17) is 4.98 Å². The molecule has 0 bridgehead atoms. The number of imidazole rings is 1. The number of nitrogens with one attached hydrogen (secondary N) is 1. The van der Waals surface area contributed by atoms with Crippen LogP contribution in [0, 0.1) is 0 Å². The van der Waals surface area contributed by atoms with Gasteiger partial charge in [-0.1, -0.05) is 55.3 Å². The van der Waals surface area contributed by atoms with Gasteiger partial charge in [-0.05, 0) is 61.6 Å². The third-order valence-corrected chi connectivity index (χ3v) is 6.80. The number of nitrogens with zero attached hydrogens (tertiary/aromatic N) is 2. The summed E-state index contributed by atoms with van der Waals surface area (Å²) in [6.45, 7) is 0.624. The van der Waals surface area contributed by atoms with Gasteiger partial charge < -0.3 is 15.0 Å². The van der Waals surface area contributed by atoms with Gasteiger partial charge in [0, 0.05) is 23.7 Å². The largest absolute Gasteiger partial charge is 0.478 e. The summed E-state index contributed by atoms with van der Waals surface area (Å²) < 4.78 is 2.26. The quantitative estimate of drug-likeness (QED) is 0.317. The van der Waals surface area contributed by atoms with Crippen LogP contribution in [0.15, 0.2) is 72.8 Å². The van der Waals surface area contributed by atoms with Crippen molar-refractivity contribution >= 4 is 22.9 Å². The summed E-state index contributed by atoms with van der Waals surface area (Å²) >= 11 is 0. The molecular weight excluding hydrogens is 438 g/mol. The van der Waals surface area contributed by atoms with Crippen molar-refractivity contribution in [3.05, 3.63) is 89.5 Å². The Morgan fingerprint density at radius 2 is 1.66 bits per heavy atom. The number of fused-ring (bicyclic) bond motifs is 1. The molecule has 178 valence electrons. The summed E-state index contributed by atoms with van der Waals surface area (Å²) in [5, 5.41) is 12.4. The average molecular weight is 468 g/mol. The van der Waals surface area contributed by atoms with Crippen LogP contribution in [-0.4, -0.2) is 33.1 Å². The van der Waals surface area contributed by atoms with Crippen LogP contribution in [0.25, 0.3) is 22.4 Å². The Labute approximate surface area is 204 Å². The number of aromatic carboxylic acids is 1. The molecule has 0 aliphatic heterocycles. The highest BCUT2D eigenvalue weighted by Crippen LogP contribution is 2.37. The van der Waals surface area contributed by atoms with Gasteiger partial charge in [0.25, 0.3) is 5.91 Å². The molecule has 5 rings (SSSR count). The number of hydrogen-bond acceptors (Lipinski definition) is 3. The van der Waals surface area contributed by atoms with Gasteiger partial charge in [0.05, 0.1) is 16.6 Å². The van der Waals surface area contributed by atoms with Crippen molar-refractivity contribution in [3.8, 4) is 11.4 Å². The van der Waals surface area contributed by atoms with Gasteiger partial charge >= 0.3 is 5.97 Å². The molecule has 1 fully saturated rings. The van der Waals surface area contributed by atoms with E-state index < -0.39 is 5.97 Å². The van der Waals surface area contributed by atoms with E-state index in [2.05, 4.69) is 22.0 Å². The maximum absolute atomic E-state index is 12.6. The van der Waals surface area contributed by atoms with Crippen molar-refractivity contribution < 1.29 is 14.7 Å². The molecule has 0 spiro atoms. The minimum atomic E-state index is -0.956. The van der Waals surface area contributed by atoms with Gasteiger partial charge in [0.1, 0.15) is 5.82 Å². The zero-order valence-corrected chi connectivity index (χ0v) is 19.6. The molecule has 1 saturated carbocycles. The summed E-state index contributed by atoms with van der Waals surface area (Å²) in [6, 6.07) is 23.3. The molecular formula is C29H29N3O3. The summed E-state index contributed by atoms with van der Waals surface area (Å²) in [5.74, 6) is -0.215. The lowest BCUT2D eigenvalue weighted by molar-refractivity contribution is 0.0696. The Hall–Kier alpha value is -3.93. The second kappa shape index (κ2) is 10.1. The van der Waals surface area contributed by atoms with Crippen LogP contribution in [0.2, 0.25) is 0 Å². The highest BCUT2D eigenvalue weighted by atomic mass is 16.4. The number of carboxylic acid groups (broad SMARTS) is 1. The molecule has 0 atom stereocenters. The van der Waals surface area contributed by atoms with E-state index >= 15 is 0 Å². The van der Waals surface area contributed by atoms with Crippen LogP contribution in [0.4, 0.5) is 0 Å². The molecule has 1 aliphatic rings. The van der Waals surface area contributed by atoms with Gasteiger partial charge in [0.15, 0.2) is 0 Å². The maximum atomic E-state index is 12.6. The molecule has 1 aliphatic carbocycles. The van der Waals surface area contributed by atoms with Crippen LogP contribution >= 0.6 is 0 Å². The SMILES string of the molecule is O=C(O)c1ccc2c(c1)nc(-c1ccc(C(=O)NCCCc3ccccc3)cc1)n2C1CCCC1. The molecule has 1 amide bonds. The van der Waals surface area contributed by atoms with Gasteiger partial charge in [-0.2, -0.15) is 0 Å². The fraction of sp³-hybridized carbons (Fsp3) is 0.276. The van der Waals surface area contributed by atoms with E-state index in [9.17, 15) is 14.7 Å². The molecule has 0 unspecified atom stereocenters. The smallest absolute Gasteiger partial charge is 0.335 e. The Morgan fingerprint density at radius 3 is 2.37 bits per heavy atom. The second-order valence-electron chi connectivity index (χ2n) is 9.17. The average Bonchev–Trinajstić information content (AvgIpc) is 3.54. The number of rotatable bonds is 8. The zero-order valence-electron chi connectivity index (χ0n) is 19.6. The normalized spacial score (nSPS) is 13.8. The molecule has 4 aromatic rings. The Morgan fingerprint density at radius 1 is 0.943 bits per heavy atom. The lowest BCUT2D eigenvalue weighted by Crippen LogP contribution is -2.24. The number of aromatic nitrogens is 2. The lowest BCUT2D eigenvalue weighted by atomic mass is 10.1. The summed E-state index contributed by atoms with van der Waals surface area (Å²) in [5.41, 5.74) is 4.69. The first-order chi connectivity index (χ1) is 17.1. The Bertz CT molecular complexity index is 1340. The minimum Gasteiger partial charge on any atom is -0.478 e. The molecule has 35 heavy (non-hydrogen) atoms. The third kappa shape index (κ3) is 4.97. The number of amides is 1. The summed E-state index contributed by atoms with van der Waals surface area (Å²) in [6.07, 6.45) is 6.35. The highest BCUT2D eigenvalue weighted by molar-refractivity contribution is 5.95. The van der Waals surface area contributed by atoms with Gasteiger partial charge in [-0.15, -0.1) is 0 Å². The molecule has 1 heterocycles. The highest BCUT2D eigenvalue weighted by Gasteiger charge is 2.24. The molecule has 0 radical (unpaired) electrons. The number of carbonyl (C=O) groups excluding carboxylic acids is 1. The van der Waals surface area contributed by atoms with Crippen LogP contribution < -0.4 is 5.32 Å². The van der Waals surface area contributed by atoms with E-state index in [1.807, 2.05) is 48.5 Å². The van der Waals surface area contributed by atoms with Crippen LogP contribution in [0.3, 0.4) is 0 Å². The van der Waals surface area contributed by atoms with Crippen molar-refractivity contribution in [2.75, 3.05) is 6.54 Å². The predicted molar refractivity (Wildman–Crippen MR) is 137 cm³/mol. The van der Waals surface area contributed by atoms with Crippen LogP contribution in [0.1, 0.15) is 64.4 Å². The topological polar surface area (TPSA) is 84.2 Å². The van der Waals surface area contributed by atoms with Crippen molar-refractivity contribution in [2.45, 2.75) is 44.6 Å². The zero-order chi connectivity index (χ0) is 24.2. The van der Waals surface area contributed by atoms with Crippen molar-refractivity contribution in [2.24, 2.45) is 0 Å². The number of carboxylic acids is 1. The number of aryl methyl sites for hydroxylation is 1. The number of carbonyl (C=O) groups is 2. The lowest BCUT2D eigenvalue weighted by Gasteiger charge is -2.16. The minimum absolute atomic E-state index is 0.0833. The molecule has 1 aromatic heterocycles. The fourth-order valence-electron chi connectivity index (χ4n) is 4.98. The molecule has 6 nitrogen and oxygen atoms in total. The van der Waals surface area contributed by atoms with Gasteiger partial charge in [0.2, 0.25) is 0 Å². The summed E-state index contributed by atoms with van der Waals surface area (Å²) in [7, 11) is 0. The third-order valence-electron chi connectivity index (χ3n) is 6.80. The van der Waals surface area contributed by atoms with Crippen LogP contribution in [0.5, 0.6) is 0 Å². The van der Waals surface area contributed by atoms with Gasteiger partial charge in [-0.3, -0.25) is 4.79 Å². The van der Waals surface area contributed by atoms with E-state index in [0.29, 0.717) is 23.7 Å². The molecule has 0 saturated heterocycles. The molecule has 2 N–H and O–H groups in total. The first-order valence-electron chi connectivity index (χ1n) is 12.3. The maximum Gasteiger partial charge on any atom is 0.335 e. The van der Waals surface area contributed by atoms with E-state index in [-0.39, 0.29) is 11.5 Å². The molecule has 6 heteroatoms. The molecule has 3 aromatic carbocycles. The number of benzene rings is 3. The monoisotopic (exact) mass is 467 g/mol. The van der Waals surface area contributed by atoms with E-state index in [1.54, 1.807) is 12.1 Å². The van der Waals surface area contributed by atoms with Crippen LogP contribution in [-0.2, 0) is 6.42 Å². The predicted octanol–water partition coefficient (Wildman–Crippen LogP) is 5.88. The summed E-state index contributed by atoms with van der Waals surface area (Å²) in [4.78, 5) is 28.9.